The van der Waals surface area contributed by atoms with Crippen molar-refractivity contribution in [3.8, 4) is 0 Å². The zero-order valence-electron chi connectivity index (χ0n) is 7.47. The summed E-state index contributed by atoms with van der Waals surface area (Å²) in [5.41, 5.74) is 8.45. The van der Waals surface area contributed by atoms with Crippen molar-refractivity contribution in [2.24, 2.45) is 5.73 Å². The molecule has 1 nitrogen and oxygen atoms in total. The number of hydrogen-bond acceptors (Lipinski definition) is 1. The first-order valence-electron chi connectivity index (χ1n) is 4.11. The first-order chi connectivity index (χ1) is 5.61. The molecule has 2 N–H and O–H groups in total. The summed E-state index contributed by atoms with van der Waals surface area (Å²) in [5, 5.41) is 0. The van der Waals surface area contributed by atoms with Gasteiger partial charge in [0.1, 0.15) is 0 Å². The van der Waals surface area contributed by atoms with Crippen LogP contribution in [0.2, 0.25) is 0 Å². The third-order valence-corrected chi connectivity index (χ3v) is 3.36. The lowest BCUT2D eigenvalue weighted by atomic mass is 10.1. The summed E-state index contributed by atoms with van der Waals surface area (Å²) < 4.78 is 1.35. The van der Waals surface area contributed by atoms with Crippen LogP contribution >= 0.6 is 22.6 Å². The van der Waals surface area contributed by atoms with Gasteiger partial charge in [0, 0.05) is 9.61 Å². The summed E-state index contributed by atoms with van der Waals surface area (Å²) in [4.78, 5) is 0. The van der Waals surface area contributed by atoms with E-state index in [4.69, 9.17) is 5.73 Å². The van der Waals surface area contributed by atoms with Crippen molar-refractivity contribution in [2.45, 2.75) is 26.3 Å². The second-order valence-corrected chi connectivity index (χ2v) is 4.31. The Bertz CT molecular complexity index is 269. The van der Waals surface area contributed by atoms with E-state index in [9.17, 15) is 0 Å². The molecule has 0 amide bonds. The Hall–Kier alpha value is -0.0900. The minimum Gasteiger partial charge on any atom is -0.328 e. The molecule has 1 rings (SSSR count). The minimum atomic E-state index is 0.250. The highest BCUT2D eigenvalue weighted by molar-refractivity contribution is 14.1. The van der Waals surface area contributed by atoms with E-state index in [2.05, 4.69) is 47.7 Å². The topological polar surface area (TPSA) is 26.0 Å². The largest absolute Gasteiger partial charge is 0.328 e. The Morgan fingerprint density at radius 2 is 2.17 bits per heavy atom. The van der Waals surface area contributed by atoms with Gasteiger partial charge in [-0.2, -0.15) is 0 Å². The van der Waals surface area contributed by atoms with E-state index in [1.165, 1.54) is 14.7 Å². The first-order valence-corrected chi connectivity index (χ1v) is 5.18. The normalized spacial score (nSPS) is 13.0. The highest BCUT2D eigenvalue weighted by Crippen LogP contribution is 2.17. The van der Waals surface area contributed by atoms with Gasteiger partial charge in [-0.15, -0.1) is 0 Å². The van der Waals surface area contributed by atoms with Crippen LogP contribution in [0.25, 0.3) is 0 Å². The van der Waals surface area contributed by atoms with Crippen molar-refractivity contribution in [3.63, 3.8) is 0 Å². The van der Waals surface area contributed by atoms with E-state index < -0.39 is 0 Å². The second kappa shape index (κ2) is 4.23. The van der Waals surface area contributed by atoms with Crippen molar-refractivity contribution in [1.29, 1.82) is 0 Å². The Labute approximate surface area is 87.5 Å². The highest BCUT2D eigenvalue weighted by Gasteiger charge is 2.03. The Morgan fingerprint density at radius 1 is 1.50 bits per heavy atom. The summed E-state index contributed by atoms with van der Waals surface area (Å²) in [6.07, 6.45) is 0.972. The highest BCUT2D eigenvalue weighted by atomic mass is 127. The molecule has 2 heteroatoms. The predicted molar refractivity (Wildman–Crippen MR) is 61.2 cm³/mol. The monoisotopic (exact) mass is 275 g/mol. The molecule has 0 saturated heterocycles. The van der Waals surface area contributed by atoms with E-state index in [-0.39, 0.29) is 6.04 Å². The average molecular weight is 275 g/mol. The van der Waals surface area contributed by atoms with Crippen LogP contribution in [0.4, 0.5) is 0 Å². The zero-order valence-corrected chi connectivity index (χ0v) is 9.63. The fourth-order valence-electron chi connectivity index (χ4n) is 1.21. The molecule has 0 radical (unpaired) electrons. The van der Waals surface area contributed by atoms with Crippen LogP contribution in [-0.2, 0) is 6.42 Å². The maximum atomic E-state index is 5.74. The van der Waals surface area contributed by atoms with Crippen molar-refractivity contribution >= 4 is 22.6 Å². The maximum Gasteiger partial charge on any atom is 0.0192 e. The molecular formula is C10H14IN. The summed E-state index contributed by atoms with van der Waals surface area (Å²) in [7, 11) is 0. The van der Waals surface area contributed by atoms with Crippen molar-refractivity contribution in [1.82, 2.24) is 0 Å². The summed E-state index contributed by atoms with van der Waals surface area (Å²) in [6.45, 7) is 4.17. The summed E-state index contributed by atoms with van der Waals surface area (Å²) in [6, 6.07) is 6.63. The predicted octanol–water partition coefficient (Wildman–Crippen LogP) is 2.49. The fourth-order valence-corrected chi connectivity index (χ4v) is 1.79. The van der Waals surface area contributed by atoms with Crippen LogP contribution in [0.1, 0.15) is 18.1 Å². The van der Waals surface area contributed by atoms with E-state index in [0.717, 1.165) is 6.42 Å². The van der Waals surface area contributed by atoms with Gasteiger partial charge in [0.2, 0.25) is 0 Å². The van der Waals surface area contributed by atoms with Crippen LogP contribution in [0.15, 0.2) is 18.2 Å². The standard InChI is InChI=1S/C10H14IN/c1-7-4-3-5-9(10(7)11)6-8(2)12/h3-5,8H,6,12H2,1-2H3/t8-/m1/s1. The summed E-state index contributed by atoms with van der Waals surface area (Å²) in [5.74, 6) is 0. The third kappa shape index (κ3) is 2.45. The van der Waals surface area contributed by atoms with Gasteiger partial charge in [-0.3, -0.25) is 0 Å². The van der Waals surface area contributed by atoms with Gasteiger partial charge in [0.15, 0.2) is 0 Å². The number of hydrogen-bond donors (Lipinski definition) is 1. The van der Waals surface area contributed by atoms with Gasteiger partial charge in [0.05, 0.1) is 0 Å². The lowest BCUT2D eigenvalue weighted by molar-refractivity contribution is 0.735. The van der Waals surface area contributed by atoms with Crippen molar-refractivity contribution in [3.05, 3.63) is 32.9 Å². The molecule has 0 spiro atoms. The number of rotatable bonds is 2. The number of benzene rings is 1. The molecule has 0 bridgehead atoms. The van der Waals surface area contributed by atoms with Crippen LogP contribution in [0, 0.1) is 10.5 Å². The van der Waals surface area contributed by atoms with Crippen molar-refractivity contribution < 1.29 is 0 Å². The quantitative estimate of drug-likeness (QED) is 0.824. The molecule has 66 valence electrons. The minimum absolute atomic E-state index is 0.250. The van der Waals surface area contributed by atoms with Gasteiger partial charge in [-0.1, -0.05) is 18.2 Å². The Morgan fingerprint density at radius 3 is 2.75 bits per heavy atom. The fraction of sp³-hybridized carbons (Fsp3) is 0.400. The van der Waals surface area contributed by atoms with Gasteiger partial charge in [-0.25, -0.2) is 0 Å². The van der Waals surface area contributed by atoms with E-state index in [0.29, 0.717) is 0 Å². The van der Waals surface area contributed by atoms with E-state index in [1.54, 1.807) is 0 Å². The molecule has 0 fully saturated rings. The zero-order chi connectivity index (χ0) is 9.14. The van der Waals surface area contributed by atoms with Gasteiger partial charge in [0.25, 0.3) is 0 Å². The lowest BCUT2D eigenvalue weighted by Crippen LogP contribution is -2.18. The molecule has 1 aromatic rings. The molecule has 12 heavy (non-hydrogen) atoms. The Kier molecular flexibility index (Phi) is 3.53. The molecule has 0 saturated carbocycles. The molecule has 0 unspecified atom stereocenters. The number of nitrogens with two attached hydrogens (primary N) is 1. The Balaban J connectivity index is 2.92. The maximum absolute atomic E-state index is 5.74. The van der Waals surface area contributed by atoms with Crippen LogP contribution in [0.5, 0.6) is 0 Å². The summed E-state index contributed by atoms with van der Waals surface area (Å²) >= 11 is 2.38. The molecule has 0 heterocycles. The lowest BCUT2D eigenvalue weighted by Gasteiger charge is -2.08. The molecule has 0 aromatic heterocycles. The number of aryl methyl sites for hydroxylation is 1. The van der Waals surface area contributed by atoms with Gasteiger partial charge in [-0.05, 0) is 54.0 Å². The molecule has 0 aliphatic heterocycles. The third-order valence-electron chi connectivity index (χ3n) is 1.81. The van der Waals surface area contributed by atoms with E-state index in [1.807, 2.05) is 6.92 Å². The molecule has 1 atom stereocenters. The smallest absolute Gasteiger partial charge is 0.0192 e. The molecule has 0 aliphatic carbocycles. The molecule has 1 aromatic carbocycles. The van der Waals surface area contributed by atoms with Crippen LogP contribution in [0.3, 0.4) is 0 Å². The van der Waals surface area contributed by atoms with Gasteiger partial charge < -0.3 is 5.73 Å². The van der Waals surface area contributed by atoms with Gasteiger partial charge >= 0.3 is 0 Å². The molecular weight excluding hydrogens is 261 g/mol. The van der Waals surface area contributed by atoms with E-state index >= 15 is 0 Å². The number of halogens is 1. The SMILES string of the molecule is Cc1cccc(C[C@@H](C)N)c1I. The van der Waals surface area contributed by atoms with Crippen LogP contribution in [-0.4, -0.2) is 6.04 Å². The van der Waals surface area contributed by atoms with Crippen LogP contribution < -0.4 is 5.73 Å². The van der Waals surface area contributed by atoms with Crippen molar-refractivity contribution in [2.75, 3.05) is 0 Å². The molecule has 0 aliphatic rings. The average Bonchev–Trinajstić information content (AvgIpc) is 1.98. The first kappa shape index (κ1) is 9.99. The second-order valence-electron chi connectivity index (χ2n) is 3.23.